The van der Waals surface area contributed by atoms with Crippen molar-refractivity contribution in [2.24, 2.45) is 0 Å². The summed E-state index contributed by atoms with van der Waals surface area (Å²) in [4.78, 5) is 28.2. The van der Waals surface area contributed by atoms with Crippen LogP contribution in [0.2, 0.25) is 0 Å². The largest absolute Gasteiger partial charge is 0.385 e. The van der Waals surface area contributed by atoms with E-state index in [4.69, 9.17) is 4.74 Å². The van der Waals surface area contributed by atoms with Gasteiger partial charge in [0.2, 0.25) is 6.23 Å². The van der Waals surface area contributed by atoms with Crippen LogP contribution in [0.25, 0.3) is 0 Å². The van der Waals surface area contributed by atoms with Gasteiger partial charge in [-0.15, -0.1) is 0 Å². The average molecular weight is 304 g/mol. The lowest BCUT2D eigenvalue weighted by atomic mass is 9.78. The lowest BCUT2D eigenvalue weighted by Crippen LogP contribution is -2.73. The SMILES string of the molecule is CN1C(=O)[C@]2(C(O)c3ccccc3)CCCOC1C(=O)N2C. The second kappa shape index (κ2) is 5.37. The van der Waals surface area contributed by atoms with Gasteiger partial charge in [0.1, 0.15) is 6.10 Å². The van der Waals surface area contributed by atoms with E-state index in [1.54, 1.807) is 26.2 Å². The second-order valence-corrected chi connectivity index (χ2v) is 5.88. The van der Waals surface area contributed by atoms with Crippen LogP contribution in [-0.2, 0) is 14.3 Å². The molecule has 2 amide bonds. The maximum Gasteiger partial charge on any atom is 0.273 e. The van der Waals surface area contributed by atoms with E-state index in [0.717, 1.165) is 0 Å². The fourth-order valence-electron chi connectivity index (χ4n) is 3.43. The number of benzene rings is 1. The van der Waals surface area contributed by atoms with Crippen LogP contribution in [0.1, 0.15) is 24.5 Å². The van der Waals surface area contributed by atoms with Crippen LogP contribution in [0.3, 0.4) is 0 Å². The quantitative estimate of drug-likeness (QED) is 0.865. The Bertz CT molecular complexity index is 591. The lowest BCUT2D eigenvalue weighted by molar-refractivity contribution is -0.203. The zero-order valence-electron chi connectivity index (χ0n) is 12.7. The molecule has 3 atom stereocenters. The van der Waals surface area contributed by atoms with Crippen molar-refractivity contribution in [3.8, 4) is 0 Å². The van der Waals surface area contributed by atoms with E-state index in [0.29, 0.717) is 25.0 Å². The van der Waals surface area contributed by atoms with Crippen LogP contribution in [0.15, 0.2) is 30.3 Å². The first kappa shape index (κ1) is 15.0. The number of hydrogen-bond donors (Lipinski definition) is 1. The Morgan fingerprint density at radius 3 is 2.64 bits per heavy atom. The van der Waals surface area contributed by atoms with Crippen LogP contribution in [-0.4, -0.2) is 59.2 Å². The molecule has 6 nitrogen and oxygen atoms in total. The zero-order valence-corrected chi connectivity index (χ0v) is 12.7. The van der Waals surface area contributed by atoms with E-state index in [-0.39, 0.29) is 11.8 Å². The Morgan fingerprint density at radius 1 is 1.27 bits per heavy atom. The Morgan fingerprint density at radius 2 is 1.95 bits per heavy atom. The predicted molar refractivity (Wildman–Crippen MR) is 78.6 cm³/mol. The molecule has 3 fully saturated rings. The third kappa shape index (κ3) is 1.94. The molecule has 0 spiro atoms. The lowest BCUT2D eigenvalue weighted by Gasteiger charge is -2.53. The summed E-state index contributed by atoms with van der Waals surface area (Å²) in [6.07, 6.45) is -0.996. The maximum absolute atomic E-state index is 12.9. The topological polar surface area (TPSA) is 70.1 Å². The number of fused-ring (bicyclic) bond motifs is 5. The molecule has 2 bridgehead atoms. The summed E-state index contributed by atoms with van der Waals surface area (Å²) >= 11 is 0. The van der Waals surface area contributed by atoms with Crippen molar-refractivity contribution in [2.45, 2.75) is 30.7 Å². The summed E-state index contributed by atoms with van der Waals surface area (Å²) in [6.45, 7) is 0.394. The molecule has 3 aliphatic rings. The first-order valence-corrected chi connectivity index (χ1v) is 7.39. The smallest absolute Gasteiger partial charge is 0.273 e. The molecule has 3 heterocycles. The number of hydrogen-bond acceptors (Lipinski definition) is 4. The van der Waals surface area contributed by atoms with Crippen molar-refractivity contribution >= 4 is 11.8 Å². The number of rotatable bonds is 2. The molecule has 22 heavy (non-hydrogen) atoms. The van der Waals surface area contributed by atoms with Gasteiger partial charge in [0.15, 0.2) is 5.54 Å². The highest BCUT2D eigenvalue weighted by Crippen LogP contribution is 2.41. The molecule has 0 saturated carbocycles. The van der Waals surface area contributed by atoms with Crippen molar-refractivity contribution in [2.75, 3.05) is 20.7 Å². The minimum Gasteiger partial charge on any atom is -0.385 e. The van der Waals surface area contributed by atoms with Crippen molar-refractivity contribution in [3.63, 3.8) is 0 Å². The van der Waals surface area contributed by atoms with Gasteiger partial charge in [-0.2, -0.15) is 0 Å². The Labute approximate surface area is 129 Å². The van der Waals surface area contributed by atoms with Crippen LogP contribution in [0.5, 0.6) is 0 Å². The minimum atomic E-state index is -1.27. The molecular formula is C16H20N2O4. The number of aliphatic hydroxyl groups is 1. The van der Waals surface area contributed by atoms with E-state index in [2.05, 4.69) is 0 Å². The van der Waals surface area contributed by atoms with Gasteiger partial charge >= 0.3 is 0 Å². The van der Waals surface area contributed by atoms with E-state index < -0.39 is 17.9 Å². The van der Waals surface area contributed by atoms with Gasteiger partial charge in [0.25, 0.3) is 11.8 Å². The van der Waals surface area contributed by atoms with E-state index in [9.17, 15) is 14.7 Å². The molecule has 4 rings (SSSR count). The molecule has 1 aromatic carbocycles. The van der Waals surface area contributed by atoms with Gasteiger partial charge in [-0.1, -0.05) is 30.3 Å². The molecule has 0 aliphatic carbocycles. The highest BCUT2D eigenvalue weighted by atomic mass is 16.5. The molecule has 3 saturated heterocycles. The van der Waals surface area contributed by atoms with E-state index >= 15 is 0 Å². The fraction of sp³-hybridized carbons (Fsp3) is 0.500. The number of piperazine rings is 1. The Kier molecular flexibility index (Phi) is 3.66. The minimum absolute atomic E-state index is 0.282. The predicted octanol–water partition coefficient (Wildman–Crippen LogP) is 0.526. The molecule has 1 aromatic rings. The summed E-state index contributed by atoms with van der Waals surface area (Å²) in [6, 6.07) is 9.00. The highest BCUT2D eigenvalue weighted by molar-refractivity contribution is 5.99. The summed E-state index contributed by atoms with van der Waals surface area (Å²) < 4.78 is 5.50. The third-order valence-electron chi connectivity index (χ3n) is 4.73. The third-order valence-corrected chi connectivity index (χ3v) is 4.73. The maximum atomic E-state index is 12.9. The normalized spacial score (nSPS) is 30.2. The Balaban J connectivity index is 2.10. The molecule has 6 heteroatoms. The van der Waals surface area contributed by atoms with E-state index in [1.165, 1.54) is 9.80 Å². The second-order valence-electron chi connectivity index (χ2n) is 5.88. The molecule has 1 N–H and O–H groups in total. The molecule has 118 valence electrons. The van der Waals surface area contributed by atoms with Crippen LogP contribution >= 0.6 is 0 Å². The Hall–Kier alpha value is -1.92. The number of amides is 2. The fourth-order valence-corrected chi connectivity index (χ4v) is 3.43. The number of nitrogens with zero attached hydrogens (tertiary/aromatic N) is 2. The van der Waals surface area contributed by atoms with Gasteiger partial charge in [-0.3, -0.25) is 9.59 Å². The van der Waals surface area contributed by atoms with Crippen molar-refractivity contribution in [1.82, 2.24) is 9.80 Å². The monoisotopic (exact) mass is 304 g/mol. The van der Waals surface area contributed by atoms with Crippen LogP contribution in [0, 0.1) is 0 Å². The number of carbonyl (C=O) groups excluding carboxylic acids is 2. The average Bonchev–Trinajstić information content (AvgIpc) is 2.54. The van der Waals surface area contributed by atoms with Gasteiger partial charge in [0, 0.05) is 20.7 Å². The number of ether oxygens (including phenoxy) is 1. The summed E-state index contributed by atoms with van der Waals surface area (Å²) in [5, 5.41) is 10.9. The van der Waals surface area contributed by atoms with Crippen molar-refractivity contribution in [1.29, 1.82) is 0 Å². The number of carbonyl (C=O) groups is 2. The highest BCUT2D eigenvalue weighted by Gasteiger charge is 2.59. The molecule has 0 aromatic heterocycles. The van der Waals surface area contributed by atoms with Gasteiger partial charge in [-0.05, 0) is 18.4 Å². The van der Waals surface area contributed by atoms with Crippen molar-refractivity contribution < 1.29 is 19.4 Å². The molecule has 2 unspecified atom stereocenters. The van der Waals surface area contributed by atoms with Crippen LogP contribution < -0.4 is 0 Å². The summed E-state index contributed by atoms with van der Waals surface area (Å²) in [5.41, 5.74) is -0.642. The van der Waals surface area contributed by atoms with Crippen molar-refractivity contribution in [3.05, 3.63) is 35.9 Å². The van der Waals surface area contributed by atoms with E-state index in [1.807, 2.05) is 18.2 Å². The zero-order chi connectivity index (χ0) is 15.9. The standard InChI is InChI=1S/C16H20N2O4/c1-17-14-13(20)18(2)16(15(17)21,9-6-10-22-14)12(19)11-7-4-3-5-8-11/h3-5,7-8,12,14,19H,6,9-10H2,1-2H3/t12?,14?,16-/m1/s1. The summed E-state index contributed by atoms with van der Waals surface area (Å²) in [7, 11) is 3.12. The molecule has 0 radical (unpaired) electrons. The van der Waals surface area contributed by atoms with Gasteiger partial charge in [0.05, 0.1) is 0 Å². The van der Waals surface area contributed by atoms with Gasteiger partial charge in [-0.25, -0.2) is 0 Å². The first-order chi connectivity index (χ1) is 10.5. The summed E-state index contributed by atoms with van der Waals surface area (Å²) in [5.74, 6) is -0.576. The molecular weight excluding hydrogens is 284 g/mol. The molecule has 3 aliphatic heterocycles. The number of likely N-dealkylation sites (N-methyl/N-ethyl adjacent to an activating group) is 2. The van der Waals surface area contributed by atoms with Gasteiger partial charge < -0.3 is 19.6 Å². The first-order valence-electron chi connectivity index (χ1n) is 7.39. The van der Waals surface area contributed by atoms with Crippen LogP contribution in [0.4, 0.5) is 0 Å². The number of aliphatic hydroxyl groups excluding tert-OH is 1.